The van der Waals surface area contributed by atoms with Crippen LogP contribution in [0.5, 0.6) is 0 Å². The SMILES string of the molecule is CCCNC(=O)Nc1ccnc([C@@H]2CCCN2C(=O)OC(C)(C)C)n1. The van der Waals surface area contributed by atoms with E-state index < -0.39 is 5.60 Å². The molecule has 1 saturated heterocycles. The van der Waals surface area contributed by atoms with Crippen LogP contribution in [0.2, 0.25) is 0 Å². The molecule has 0 radical (unpaired) electrons. The minimum absolute atomic E-state index is 0.240. The zero-order chi connectivity index (χ0) is 18.4. The van der Waals surface area contributed by atoms with Crippen molar-refractivity contribution in [2.45, 2.75) is 58.6 Å². The minimum Gasteiger partial charge on any atom is -0.444 e. The molecule has 138 valence electrons. The third kappa shape index (κ3) is 5.58. The van der Waals surface area contributed by atoms with Gasteiger partial charge < -0.3 is 10.1 Å². The molecule has 0 bridgehead atoms. The first-order chi connectivity index (χ1) is 11.8. The molecule has 1 aliphatic rings. The van der Waals surface area contributed by atoms with Crippen molar-refractivity contribution in [1.29, 1.82) is 0 Å². The monoisotopic (exact) mass is 349 g/mol. The van der Waals surface area contributed by atoms with Crippen LogP contribution in [0.15, 0.2) is 12.3 Å². The summed E-state index contributed by atoms with van der Waals surface area (Å²) in [5, 5.41) is 5.41. The standard InChI is InChI=1S/C17H27N5O3/c1-5-9-19-15(23)21-13-8-10-18-14(20-13)12-7-6-11-22(12)16(24)25-17(2,3)4/h8,10,12H,5-7,9,11H2,1-4H3,(H2,18,19,20,21,23)/t12-/m0/s1. The van der Waals surface area contributed by atoms with Crippen LogP contribution >= 0.6 is 0 Å². The quantitative estimate of drug-likeness (QED) is 0.871. The lowest BCUT2D eigenvalue weighted by atomic mass is 10.2. The van der Waals surface area contributed by atoms with Crippen LogP contribution in [0.1, 0.15) is 58.8 Å². The molecular weight excluding hydrogens is 322 g/mol. The Bertz CT molecular complexity index is 615. The number of carbonyl (C=O) groups excluding carboxylic acids is 2. The fourth-order valence-corrected chi connectivity index (χ4v) is 2.58. The van der Waals surface area contributed by atoms with Gasteiger partial charge in [0.15, 0.2) is 5.82 Å². The van der Waals surface area contributed by atoms with Gasteiger partial charge in [0.2, 0.25) is 0 Å². The highest BCUT2D eigenvalue weighted by molar-refractivity contribution is 5.88. The van der Waals surface area contributed by atoms with Gasteiger partial charge in [0, 0.05) is 19.3 Å². The van der Waals surface area contributed by atoms with E-state index in [1.165, 1.54) is 0 Å². The lowest BCUT2D eigenvalue weighted by Crippen LogP contribution is -2.37. The first-order valence-corrected chi connectivity index (χ1v) is 8.67. The molecule has 3 amide bonds. The molecule has 0 spiro atoms. The summed E-state index contributed by atoms with van der Waals surface area (Å²) in [6, 6.07) is 1.08. The van der Waals surface area contributed by atoms with E-state index in [9.17, 15) is 9.59 Å². The molecule has 0 saturated carbocycles. The maximum atomic E-state index is 12.4. The highest BCUT2D eigenvalue weighted by atomic mass is 16.6. The molecule has 2 rings (SSSR count). The molecule has 1 aromatic rings. The van der Waals surface area contributed by atoms with Crippen molar-refractivity contribution < 1.29 is 14.3 Å². The molecule has 0 aromatic carbocycles. The average molecular weight is 349 g/mol. The van der Waals surface area contributed by atoms with Crippen LogP contribution < -0.4 is 10.6 Å². The second-order valence-corrected chi connectivity index (χ2v) is 7.01. The van der Waals surface area contributed by atoms with Crippen molar-refractivity contribution in [1.82, 2.24) is 20.2 Å². The Labute approximate surface area is 148 Å². The van der Waals surface area contributed by atoms with Gasteiger partial charge in [-0.15, -0.1) is 0 Å². The van der Waals surface area contributed by atoms with Gasteiger partial charge in [0.05, 0.1) is 6.04 Å². The van der Waals surface area contributed by atoms with Crippen molar-refractivity contribution in [3.05, 3.63) is 18.1 Å². The predicted octanol–water partition coefficient (Wildman–Crippen LogP) is 3.08. The molecule has 1 aliphatic heterocycles. The molecule has 8 nitrogen and oxygen atoms in total. The van der Waals surface area contributed by atoms with Crippen LogP contribution in [0.25, 0.3) is 0 Å². The Kier molecular flexibility index (Phi) is 6.17. The van der Waals surface area contributed by atoms with Gasteiger partial charge in [-0.25, -0.2) is 19.6 Å². The number of hydrogen-bond donors (Lipinski definition) is 2. The number of hydrogen-bond acceptors (Lipinski definition) is 5. The first-order valence-electron chi connectivity index (χ1n) is 8.67. The molecule has 2 N–H and O–H groups in total. The van der Waals surface area contributed by atoms with E-state index in [0.29, 0.717) is 24.7 Å². The largest absolute Gasteiger partial charge is 0.444 e. The van der Waals surface area contributed by atoms with Crippen LogP contribution in [-0.4, -0.2) is 45.7 Å². The summed E-state index contributed by atoms with van der Waals surface area (Å²) in [7, 11) is 0. The summed E-state index contributed by atoms with van der Waals surface area (Å²) in [5.74, 6) is 0.922. The van der Waals surface area contributed by atoms with Gasteiger partial charge in [-0.05, 0) is 46.1 Å². The van der Waals surface area contributed by atoms with Crippen molar-refractivity contribution in [2.75, 3.05) is 18.4 Å². The van der Waals surface area contributed by atoms with Gasteiger partial charge in [-0.3, -0.25) is 10.2 Å². The van der Waals surface area contributed by atoms with Gasteiger partial charge >= 0.3 is 12.1 Å². The molecule has 1 atom stereocenters. The highest BCUT2D eigenvalue weighted by Crippen LogP contribution is 2.31. The number of urea groups is 1. The molecule has 0 aliphatic carbocycles. The summed E-state index contributed by atoms with van der Waals surface area (Å²) in [6.07, 6.45) is 3.71. The van der Waals surface area contributed by atoms with Gasteiger partial charge in [-0.1, -0.05) is 6.92 Å². The number of aromatic nitrogens is 2. The maximum absolute atomic E-state index is 12.4. The Morgan fingerprint density at radius 2 is 2.16 bits per heavy atom. The number of anilines is 1. The number of nitrogens with zero attached hydrogens (tertiary/aromatic N) is 3. The summed E-state index contributed by atoms with van der Waals surface area (Å²) < 4.78 is 5.46. The number of ether oxygens (including phenoxy) is 1. The summed E-state index contributed by atoms with van der Waals surface area (Å²) in [5.41, 5.74) is -0.550. The molecule has 0 unspecified atom stereocenters. The first kappa shape index (κ1) is 19.0. The van der Waals surface area contributed by atoms with E-state index in [4.69, 9.17) is 4.74 Å². The number of rotatable bonds is 4. The van der Waals surface area contributed by atoms with Crippen molar-refractivity contribution in [3.8, 4) is 0 Å². The maximum Gasteiger partial charge on any atom is 0.410 e. The van der Waals surface area contributed by atoms with E-state index in [1.807, 2.05) is 27.7 Å². The number of carbonyl (C=O) groups is 2. The fraction of sp³-hybridized carbons (Fsp3) is 0.647. The second kappa shape index (κ2) is 8.13. The van der Waals surface area contributed by atoms with E-state index in [0.717, 1.165) is 19.3 Å². The van der Waals surface area contributed by atoms with Crippen molar-refractivity contribution in [2.24, 2.45) is 0 Å². The van der Waals surface area contributed by atoms with E-state index >= 15 is 0 Å². The minimum atomic E-state index is -0.550. The normalized spacial score (nSPS) is 17.3. The third-order valence-electron chi connectivity index (χ3n) is 3.63. The van der Waals surface area contributed by atoms with E-state index in [2.05, 4.69) is 20.6 Å². The molecule has 8 heteroatoms. The van der Waals surface area contributed by atoms with Crippen LogP contribution in [0.3, 0.4) is 0 Å². The van der Waals surface area contributed by atoms with Gasteiger partial charge in [0.25, 0.3) is 0 Å². The Hall–Kier alpha value is -2.38. The molecular formula is C17H27N5O3. The topological polar surface area (TPSA) is 96.5 Å². The van der Waals surface area contributed by atoms with Gasteiger partial charge in [0.1, 0.15) is 11.4 Å². The summed E-state index contributed by atoms with van der Waals surface area (Å²) in [6.45, 7) is 8.70. The number of nitrogens with one attached hydrogen (secondary N) is 2. The predicted molar refractivity (Wildman–Crippen MR) is 94.3 cm³/mol. The van der Waals surface area contributed by atoms with E-state index in [1.54, 1.807) is 17.2 Å². The fourth-order valence-electron chi connectivity index (χ4n) is 2.58. The van der Waals surface area contributed by atoms with Crippen molar-refractivity contribution >= 4 is 17.9 Å². The van der Waals surface area contributed by atoms with Crippen LogP contribution in [0.4, 0.5) is 15.4 Å². The highest BCUT2D eigenvalue weighted by Gasteiger charge is 2.34. The van der Waals surface area contributed by atoms with E-state index in [-0.39, 0.29) is 18.2 Å². The lowest BCUT2D eigenvalue weighted by Gasteiger charge is -2.28. The zero-order valence-corrected chi connectivity index (χ0v) is 15.3. The Morgan fingerprint density at radius 1 is 1.40 bits per heavy atom. The summed E-state index contributed by atoms with van der Waals surface area (Å²) >= 11 is 0. The number of likely N-dealkylation sites (tertiary alicyclic amines) is 1. The smallest absolute Gasteiger partial charge is 0.410 e. The Morgan fingerprint density at radius 3 is 2.84 bits per heavy atom. The van der Waals surface area contributed by atoms with Crippen LogP contribution in [0, 0.1) is 0 Å². The lowest BCUT2D eigenvalue weighted by molar-refractivity contribution is 0.0218. The molecule has 2 heterocycles. The van der Waals surface area contributed by atoms with Crippen molar-refractivity contribution in [3.63, 3.8) is 0 Å². The molecule has 1 fully saturated rings. The second-order valence-electron chi connectivity index (χ2n) is 7.01. The third-order valence-corrected chi connectivity index (χ3v) is 3.63. The van der Waals surface area contributed by atoms with Crippen LogP contribution in [-0.2, 0) is 4.74 Å². The number of amides is 3. The van der Waals surface area contributed by atoms with Gasteiger partial charge in [-0.2, -0.15) is 0 Å². The summed E-state index contributed by atoms with van der Waals surface area (Å²) in [4.78, 5) is 34.5. The Balaban J connectivity index is 2.08. The average Bonchev–Trinajstić information content (AvgIpc) is 3.01. The molecule has 1 aromatic heterocycles. The zero-order valence-electron chi connectivity index (χ0n) is 15.3. The molecule has 25 heavy (non-hydrogen) atoms.